The third kappa shape index (κ3) is 2.38. The Morgan fingerprint density at radius 1 is 1.25 bits per heavy atom. The van der Waals surface area contributed by atoms with E-state index in [0.717, 1.165) is 0 Å². The molecule has 1 aromatic carbocycles. The van der Waals surface area contributed by atoms with E-state index in [-0.39, 0.29) is 16.9 Å². The number of nitrogens with two attached hydrogens (primary N) is 1. The van der Waals surface area contributed by atoms with Crippen LogP contribution >= 0.6 is 11.6 Å². The number of anilines is 3. The van der Waals surface area contributed by atoms with Crippen LogP contribution < -0.4 is 11.1 Å². The van der Waals surface area contributed by atoms with E-state index in [2.05, 4.69) is 15.3 Å². The average molecular weight is 239 g/mol. The smallest absolute Gasteiger partial charge is 0.223 e. The highest BCUT2D eigenvalue weighted by Gasteiger charge is 2.04. The van der Waals surface area contributed by atoms with Crippen molar-refractivity contribution in [1.29, 1.82) is 0 Å². The second-order valence-electron chi connectivity index (χ2n) is 3.04. The Hall–Kier alpha value is -1.88. The summed E-state index contributed by atoms with van der Waals surface area (Å²) in [5.74, 6) is 0.00439. The molecular weight excluding hydrogens is 231 g/mol. The van der Waals surface area contributed by atoms with Crippen LogP contribution in [0, 0.1) is 5.82 Å². The highest BCUT2D eigenvalue weighted by atomic mass is 35.5. The number of hydrogen-bond donors (Lipinski definition) is 2. The van der Waals surface area contributed by atoms with Crippen molar-refractivity contribution in [2.75, 3.05) is 11.1 Å². The van der Waals surface area contributed by atoms with Crippen molar-refractivity contribution in [1.82, 2.24) is 9.97 Å². The first-order valence-corrected chi connectivity index (χ1v) is 4.84. The molecule has 0 fully saturated rings. The summed E-state index contributed by atoms with van der Waals surface area (Å²) in [4.78, 5) is 7.57. The van der Waals surface area contributed by atoms with Crippen LogP contribution in [-0.2, 0) is 0 Å². The fraction of sp³-hybridized carbons (Fsp3) is 0. The number of aromatic nitrogens is 2. The lowest BCUT2D eigenvalue weighted by Gasteiger charge is -2.06. The summed E-state index contributed by atoms with van der Waals surface area (Å²) in [6.07, 6.45) is 0. The molecule has 1 aromatic heterocycles. The normalized spacial score (nSPS) is 10.1. The fourth-order valence-corrected chi connectivity index (χ4v) is 1.39. The molecule has 0 saturated carbocycles. The number of hydrogen-bond acceptors (Lipinski definition) is 4. The molecule has 2 rings (SSSR count). The molecule has 2 aromatic rings. The third-order valence-corrected chi connectivity index (χ3v) is 2.04. The van der Waals surface area contributed by atoms with E-state index >= 15 is 0 Å². The Kier molecular flexibility index (Phi) is 2.87. The van der Waals surface area contributed by atoms with Crippen molar-refractivity contribution in [3.8, 4) is 0 Å². The van der Waals surface area contributed by atoms with Crippen molar-refractivity contribution in [3.63, 3.8) is 0 Å². The first-order valence-electron chi connectivity index (χ1n) is 4.47. The highest BCUT2D eigenvalue weighted by molar-refractivity contribution is 6.29. The largest absolute Gasteiger partial charge is 0.368 e. The molecule has 0 spiro atoms. The van der Waals surface area contributed by atoms with E-state index in [1.54, 1.807) is 18.2 Å². The molecule has 0 amide bonds. The number of benzene rings is 1. The molecule has 0 saturated heterocycles. The summed E-state index contributed by atoms with van der Waals surface area (Å²) in [7, 11) is 0. The Bertz CT molecular complexity index is 498. The lowest BCUT2D eigenvalue weighted by molar-refractivity contribution is 0.632. The Balaban J connectivity index is 2.30. The van der Waals surface area contributed by atoms with Gasteiger partial charge in [-0.05, 0) is 12.1 Å². The van der Waals surface area contributed by atoms with Crippen molar-refractivity contribution < 1.29 is 4.39 Å². The quantitative estimate of drug-likeness (QED) is 0.790. The van der Waals surface area contributed by atoms with Crippen molar-refractivity contribution in [2.45, 2.75) is 0 Å². The molecule has 0 aliphatic heterocycles. The van der Waals surface area contributed by atoms with Crippen LogP contribution in [0.4, 0.5) is 21.8 Å². The van der Waals surface area contributed by atoms with E-state index in [1.165, 1.54) is 12.1 Å². The van der Waals surface area contributed by atoms with Crippen molar-refractivity contribution >= 4 is 29.1 Å². The van der Waals surface area contributed by atoms with Gasteiger partial charge < -0.3 is 11.1 Å². The van der Waals surface area contributed by atoms with Gasteiger partial charge in [-0.2, -0.15) is 4.98 Å². The second kappa shape index (κ2) is 4.32. The highest BCUT2D eigenvalue weighted by Crippen LogP contribution is 2.20. The van der Waals surface area contributed by atoms with Crippen molar-refractivity contribution in [3.05, 3.63) is 41.3 Å². The number of nitrogen functional groups attached to an aromatic ring is 1. The van der Waals surface area contributed by atoms with E-state index in [1.807, 2.05) is 0 Å². The van der Waals surface area contributed by atoms with Gasteiger partial charge in [0, 0.05) is 6.07 Å². The minimum atomic E-state index is -0.379. The zero-order valence-corrected chi connectivity index (χ0v) is 8.87. The minimum Gasteiger partial charge on any atom is -0.368 e. The van der Waals surface area contributed by atoms with E-state index in [0.29, 0.717) is 11.5 Å². The van der Waals surface area contributed by atoms with Gasteiger partial charge in [-0.1, -0.05) is 23.7 Å². The maximum absolute atomic E-state index is 13.3. The lowest BCUT2D eigenvalue weighted by Crippen LogP contribution is -2.01. The molecule has 0 atom stereocenters. The molecule has 0 aliphatic rings. The maximum Gasteiger partial charge on any atom is 0.223 e. The SMILES string of the molecule is Nc1nc(Cl)cc(Nc2ccccc2F)n1. The topological polar surface area (TPSA) is 63.8 Å². The van der Waals surface area contributed by atoms with Gasteiger partial charge in [0.2, 0.25) is 5.95 Å². The molecule has 0 bridgehead atoms. The predicted octanol–water partition coefficient (Wildman–Crippen LogP) is 2.59. The molecule has 0 radical (unpaired) electrons. The zero-order valence-electron chi connectivity index (χ0n) is 8.11. The van der Waals surface area contributed by atoms with Crippen LogP contribution in [0.25, 0.3) is 0 Å². The molecule has 6 heteroatoms. The van der Waals surface area contributed by atoms with Crippen LogP contribution in [0.1, 0.15) is 0 Å². The van der Waals surface area contributed by atoms with Gasteiger partial charge in [-0.15, -0.1) is 0 Å². The zero-order chi connectivity index (χ0) is 11.5. The van der Waals surface area contributed by atoms with Crippen LogP contribution in [0.3, 0.4) is 0 Å². The fourth-order valence-electron chi connectivity index (χ4n) is 1.20. The molecule has 82 valence electrons. The Morgan fingerprint density at radius 3 is 2.69 bits per heavy atom. The van der Waals surface area contributed by atoms with Gasteiger partial charge in [0.15, 0.2) is 0 Å². The number of para-hydroxylation sites is 1. The van der Waals surface area contributed by atoms with Gasteiger partial charge in [0.1, 0.15) is 16.8 Å². The second-order valence-corrected chi connectivity index (χ2v) is 3.43. The summed E-state index contributed by atoms with van der Waals surface area (Å²) >= 11 is 5.69. The van der Waals surface area contributed by atoms with Crippen molar-refractivity contribution in [2.24, 2.45) is 0 Å². The van der Waals surface area contributed by atoms with E-state index < -0.39 is 0 Å². The number of halogens is 2. The maximum atomic E-state index is 13.3. The van der Waals surface area contributed by atoms with Crippen LogP contribution in [-0.4, -0.2) is 9.97 Å². The molecular formula is C10H8ClFN4. The molecule has 16 heavy (non-hydrogen) atoms. The summed E-state index contributed by atoms with van der Waals surface area (Å²) in [5, 5.41) is 2.96. The predicted molar refractivity (Wildman–Crippen MR) is 61.1 cm³/mol. The summed E-state index contributed by atoms with van der Waals surface area (Å²) in [5.41, 5.74) is 5.71. The summed E-state index contributed by atoms with van der Waals surface area (Å²) in [6, 6.07) is 7.69. The number of rotatable bonds is 2. The Morgan fingerprint density at radius 2 is 2.00 bits per heavy atom. The molecule has 4 nitrogen and oxygen atoms in total. The third-order valence-electron chi connectivity index (χ3n) is 1.85. The first-order chi connectivity index (χ1) is 7.65. The minimum absolute atomic E-state index is 0.0336. The van der Waals surface area contributed by atoms with E-state index in [4.69, 9.17) is 17.3 Å². The van der Waals surface area contributed by atoms with E-state index in [9.17, 15) is 4.39 Å². The summed E-state index contributed by atoms with van der Waals surface area (Å²) in [6.45, 7) is 0. The molecule has 0 aliphatic carbocycles. The van der Waals surface area contributed by atoms with Crippen LogP contribution in [0.2, 0.25) is 5.15 Å². The Labute approximate surface area is 96.3 Å². The number of nitrogens with zero attached hydrogens (tertiary/aromatic N) is 2. The van der Waals surface area contributed by atoms with Crippen LogP contribution in [0.5, 0.6) is 0 Å². The van der Waals surface area contributed by atoms with Gasteiger partial charge >= 0.3 is 0 Å². The lowest BCUT2D eigenvalue weighted by atomic mass is 10.3. The molecule has 1 heterocycles. The standard InChI is InChI=1S/C10H8ClFN4/c11-8-5-9(16-10(13)15-8)14-7-4-2-1-3-6(7)12/h1-5H,(H3,13,14,15,16). The molecule has 0 unspecified atom stereocenters. The molecule has 3 N–H and O–H groups in total. The average Bonchev–Trinajstić information content (AvgIpc) is 2.20. The van der Waals surface area contributed by atoms with Gasteiger partial charge in [0.05, 0.1) is 5.69 Å². The summed E-state index contributed by atoms with van der Waals surface area (Å²) < 4.78 is 13.3. The number of nitrogens with one attached hydrogen (secondary N) is 1. The monoisotopic (exact) mass is 238 g/mol. The van der Waals surface area contributed by atoms with Gasteiger partial charge in [-0.25, -0.2) is 9.37 Å². The first kappa shape index (κ1) is 10.6. The van der Waals surface area contributed by atoms with Gasteiger partial charge in [-0.3, -0.25) is 0 Å². The van der Waals surface area contributed by atoms with Gasteiger partial charge in [0.25, 0.3) is 0 Å². The van der Waals surface area contributed by atoms with Crippen LogP contribution in [0.15, 0.2) is 30.3 Å².